The lowest BCUT2D eigenvalue weighted by Crippen LogP contribution is -2.27. The summed E-state index contributed by atoms with van der Waals surface area (Å²) in [6.45, 7) is 1.000. The molecule has 3 nitrogen and oxygen atoms in total. The Morgan fingerprint density at radius 2 is 2.36 bits per heavy atom. The van der Waals surface area contributed by atoms with Gasteiger partial charge in [-0.05, 0) is 30.3 Å². The summed E-state index contributed by atoms with van der Waals surface area (Å²) < 4.78 is 0. The number of hydrogen-bond donors (Lipinski definition) is 2. The summed E-state index contributed by atoms with van der Waals surface area (Å²) in [7, 11) is 0. The Bertz CT molecular complexity index is 329. The van der Waals surface area contributed by atoms with Gasteiger partial charge in [0, 0.05) is 11.4 Å². The second-order valence-corrected chi connectivity index (χ2v) is 4.29. The van der Waals surface area contributed by atoms with Crippen molar-refractivity contribution in [2.75, 3.05) is 6.54 Å². The van der Waals surface area contributed by atoms with Crippen LogP contribution in [0.5, 0.6) is 0 Å². The van der Waals surface area contributed by atoms with E-state index in [0.29, 0.717) is 5.56 Å². The van der Waals surface area contributed by atoms with Crippen molar-refractivity contribution in [3.63, 3.8) is 0 Å². The summed E-state index contributed by atoms with van der Waals surface area (Å²) >= 11 is 1.47. The maximum atomic E-state index is 10.9. The molecule has 1 saturated heterocycles. The van der Waals surface area contributed by atoms with Crippen LogP contribution in [0.2, 0.25) is 0 Å². The number of thiophene rings is 1. The van der Waals surface area contributed by atoms with Gasteiger partial charge in [-0.25, -0.2) is 4.79 Å². The zero-order chi connectivity index (χ0) is 9.97. The van der Waals surface area contributed by atoms with E-state index in [1.807, 2.05) is 5.38 Å². The van der Waals surface area contributed by atoms with E-state index in [0.717, 1.165) is 18.5 Å². The van der Waals surface area contributed by atoms with Crippen LogP contribution >= 0.6 is 11.3 Å². The highest BCUT2D eigenvalue weighted by atomic mass is 32.1. The van der Waals surface area contributed by atoms with Crippen LogP contribution in [0.3, 0.4) is 0 Å². The van der Waals surface area contributed by atoms with Crippen LogP contribution in [0.1, 0.15) is 41.2 Å². The Balaban J connectivity index is 2.21. The Labute approximate surface area is 86.8 Å². The van der Waals surface area contributed by atoms with E-state index in [-0.39, 0.29) is 6.04 Å². The third kappa shape index (κ3) is 1.81. The SMILES string of the molecule is O=C(O)c1cscc1[C@H]1CCCCN1. The standard InChI is InChI=1S/C10H13NO2S/c12-10(13)8-6-14-5-7(8)9-3-1-2-4-11-9/h5-6,9,11H,1-4H2,(H,12,13)/t9-/m1/s1. The van der Waals surface area contributed by atoms with Crippen LogP contribution in [0, 0.1) is 0 Å². The van der Waals surface area contributed by atoms with Gasteiger partial charge in [0.2, 0.25) is 0 Å². The molecule has 1 aromatic heterocycles. The monoisotopic (exact) mass is 211 g/mol. The minimum atomic E-state index is -0.811. The summed E-state index contributed by atoms with van der Waals surface area (Å²) in [5.74, 6) is -0.811. The van der Waals surface area contributed by atoms with Crippen molar-refractivity contribution in [3.05, 3.63) is 21.9 Å². The fraction of sp³-hybridized carbons (Fsp3) is 0.500. The minimum Gasteiger partial charge on any atom is -0.478 e. The van der Waals surface area contributed by atoms with Crippen LogP contribution < -0.4 is 5.32 Å². The van der Waals surface area contributed by atoms with Gasteiger partial charge in [0.15, 0.2) is 0 Å². The summed E-state index contributed by atoms with van der Waals surface area (Å²) in [4.78, 5) is 10.9. The maximum absolute atomic E-state index is 10.9. The fourth-order valence-corrected chi connectivity index (χ4v) is 2.75. The van der Waals surface area contributed by atoms with Crippen molar-refractivity contribution in [2.24, 2.45) is 0 Å². The van der Waals surface area contributed by atoms with E-state index in [9.17, 15) is 4.79 Å². The third-order valence-corrected chi connectivity index (χ3v) is 3.37. The second kappa shape index (κ2) is 4.11. The number of carboxylic acid groups (broad SMARTS) is 1. The van der Waals surface area contributed by atoms with Gasteiger partial charge in [-0.2, -0.15) is 11.3 Å². The Morgan fingerprint density at radius 3 is 3.00 bits per heavy atom. The van der Waals surface area contributed by atoms with Gasteiger partial charge in [-0.3, -0.25) is 0 Å². The van der Waals surface area contributed by atoms with Crippen LogP contribution in [-0.4, -0.2) is 17.6 Å². The smallest absolute Gasteiger partial charge is 0.336 e. The van der Waals surface area contributed by atoms with E-state index in [1.54, 1.807) is 5.38 Å². The molecule has 1 aromatic rings. The first kappa shape index (κ1) is 9.68. The van der Waals surface area contributed by atoms with Crippen molar-refractivity contribution in [1.82, 2.24) is 5.32 Å². The molecule has 76 valence electrons. The number of hydrogen-bond acceptors (Lipinski definition) is 3. The number of piperidine rings is 1. The molecule has 1 atom stereocenters. The Morgan fingerprint density at radius 1 is 1.50 bits per heavy atom. The quantitative estimate of drug-likeness (QED) is 0.789. The molecular formula is C10H13NO2S. The van der Waals surface area contributed by atoms with Crippen LogP contribution in [0.15, 0.2) is 10.8 Å². The average molecular weight is 211 g/mol. The number of carboxylic acids is 1. The first-order valence-electron chi connectivity index (χ1n) is 4.82. The largest absolute Gasteiger partial charge is 0.478 e. The molecule has 4 heteroatoms. The molecule has 2 N–H and O–H groups in total. The van der Waals surface area contributed by atoms with Crippen molar-refractivity contribution in [1.29, 1.82) is 0 Å². The van der Waals surface area contributed by atoms with E-state index >= 15 is 0 Å². The first-order chi connectivity index (χ1) is 6.79. The molecule has 1 aliphatic rings. The highest BCUT2D eigenvalue weighted by Gasteiger charge is 2.21. The second-order valence-electron chi connectivity index (χ2n) is 3.55. The van der Waals surface area contributed by atoms with Crippen molar-refractivity contribution in [2.45, 2.75) is 25.3 Å². The summed E-state index contributed by atoms with van der Waals surface area (Å²) in [5.41, 5.74) is 1.43. The van der Waals surface area contributed by atoms with E-state index in [1.165, 1.54) is 24.2 Å². The van der Waals surface area contributed by atoms with Gasteiger partial charge in [-0.1, -0.05) is 6.42 Å². The number of carbonyl (C=O) groups is 1. The van der Waals surface area contributed by atoms with Crippen molar-refractivity contribution < 1.29 is 9.90 Å². The number of aromatic carboxylic acids is 1. The fourth-order valence-electron chi connectivity index (χ4n) is 1.87. The highest BCUT2D eigenvalue weighted by molar-refractivity contribution is 7.08. The van der Waals surface area contributed by atoms with Crippen LogP contribution in [-0.2, 0) is 0 Å². The molecule has 1 fully saturated rings. The number of nitrogens with one attached hydrogen (secondary N) is 1. The van der Waals surface area contributed by atoms with Crippen LogP contribution in [0.4, 0.5) is 0 Å². The van der Waals surface area contributed by atoms with Gasteiger partial charge in [0.05, 0.1) is 5.56 Å². The van der Waals surface area contributed by atoms with E-state index in [2.05, 4.69) is 5.32 Å². The van der Waals surface area contributed by atoms with Gasteiger partial charge in [0.25, 0.3) is 0 Å². The highest BCUT2D eigenvalue weighted by Crippen LogP contribution is 2.28. The van der Waals surface area contributed by atoms with E-state index in [4.69, 9.17) is 5.11 Å². The lowest BCUT2D eigenvalue weighted by atomic mass is 9.97. The minimum absolute atomic E-state index is 0.251. The van der Waals surface area contributed by atoms with E-state index < -0.39 is 5.97 Å². The predicted molar refractivity (Wildman–Crippen MR) is 55.9 cm³/mol. The maximum Gasteiger partial charge on any atom is 0.336 e. The third-order valence-electron chi connectivity index (χ3n) is 2.61. The Hall–Kier alpha value is -0.870. The normalized spacial score (nSPS) is 22.1. The molecule has 2 heterocycles. The molecular weight excluding hydrogens is 198 g/mol. The average Bonchev–Trinajstić information content (AvgIpc) is 2.67. The molecule has 1 aliphatic heterocycles. The zero-order valence-corrected chi connectivity index (χ0v) is 8.64. The lowest BCUT2D eigenvalue weighted by molar-refractivity contribution is 0.0695. The van der Waals surface area contributed by atoms with Gasteiger partial charge >= 0.3 is 5.97 Å². The van der Waals surface area contributed by atoms with Crippen molar-refractivity contribution >= 4 is 17.3 Å². The summed E-state index contributed by atoms with van der Waals surface area (Å²) in [5, 5.41) is 16.0. The molecule has 0 aliphatic carbocycles. The molecule has 2 rings (SSSR count). The van der Waals surface area contributed by atoms with Crippen molar-refractivity contribution in [3.8, 4) is 0 Å². The zero-order valence-electron chi connectivity index (χ0n) is 7.82. The molecule has 0 bridgehead atoms. The Kier molecular flexibility index (Phi) is 2.84. The lowest BCUT2D eigenvalue weighted by Gasteiger charge is -2.23. The first-order valence-corrected chi connectivity index (χ1v) is 5.76. The molecule has 0 unspecified atom stereocenters. The summed E-state index contributed by atoms with van der Waals surface area (Å²) in [6, 6.07) is 0.251. The van der Waals surface area contributed by atoms with Gasteiger partial charge in [0.1, 0.15) is 0 Å². The summed E-state index contributed by atoms with van der Waals surface area (Å²) in [6.07, 6.45) is 3.44. The molecule has 0 saturated carbocycles. The molecule has 0 amide bonds. The molecule has 0 radical (unpaired) electrons. The topological polar surface area (TPSA) is 49.3 Å². The van der Waals surface area contributed by atoms with Crippen LogP contribution in [0.25, 0.3) is 0 Å². The van der Waals surface area contributed by atoms with Gasteiger partial charge < -0.3 is 10.4 Å². The molecule has 14 heavy (non-hydrogen) atoms. The molecule has 0 spiro atoms. The van der Waals surface area contributed by atoms with Gasteiger partial charge in [-0.15, -0.1) is 0 Å². The predicted octanol–water partition coefficient (Wildman–Crippen LogP) is 2.26. The molecule has 0 aromatic carbocycles. The number of rotatable bonds is 2.